The smallest absolute Gasteiger partial charge is 0.256 e. The Morgan fingerprint density at radius 2 is 1.88 bits per heavy atom. The van der Waals surface area contributed by atoms with Crippen molar-refractivity contribution in [3.05, 3.63) is 59.8 Å². The van der Waals surface area contributed by atoms with E-state index in [2.05, 4.69) is 22.3 Å². The number of nitrogens with one attached hydrogen (secondary N) is 1. The Hall–Kier alpha value is -3.39. The van der Waals surface area contributed by atoms with Gasteiger partial charge in [-0.1, -0.05) is 31.1 Å². The Labute approximate surface area is 191 Å². The van der Waals surface area contributed by atoms with Crippen LogP contribution in [0.15, 0.2) is 48.5 Å². The third-order valence-corrected chi connectivity index (χ3v) is 5.98. The number of aryl methyl sites for hydroxylation is 1. The molecular weight excluding hydrogens is 424 g/mol. The topological polar surface area (TPSA) is 78.3 Å². The summed E-state index contributed by atoms with van der Waals surface area (Å²) in [6, 6.07) is 14.8. The van der Waals surface area contributed by atoms with Crippen molar-refractivity contribution in [1.29, 1.82) is 0 Å². The monoisotopic (exact) mass is 450 g/mol. The molecule has 0 spiro atoms. The highest BCUT2D eigenvalue weighted by molar-refractivity contribution is 7.20. The fraction of sp³-hybridized carbons (Fsp3) is 0.292. The molecule has 0 saturated heterocycles. The van der Waals surface area contributed by atoms with Gasteiger partial charge >= 0.3 is 0 Å². The van der Waals surface area contributed by atoms with Crippen molar-refractivity contribution in [3.63, 3.8) is 0 Å². The number of anilines is 1. The predicted octanol–water partition coefficient (Wildman–Crippen LogP) is 5.62. The van der Waals surface area contributed by atoms with E-state index in [-0.39, 0.29) is 5.91 Å². The van der Waals surface area contributed by atoms with Gasteiger partial charge in [-0.15, -0.1) is 0 Å². The van der Waals surface area contributed by atoms with E-state index in [1.54, 1.807) is 23.9 Å². The molecule has 7 nitrogen and oxygen atoms in total. The maximum absolute atomic E-state index is 12.8. The zero-order chi connectivity index (χ0) is 22.5. The number of rotatable bonds is 9. The quantitative estimate of drug-likeness (QED) is 0.335. The average Bonchev–Trinajstić information content (AvgIpc) is 3.39. The molecule has 8 heteroatoms. The van der Waals surface area contributed by atoms with E-state index in [1.165, 1.54) is 11.3 Å². The molecule has 1 N–H and O–H groups in total. The largest absolute Gasteiger partial charge is 0.497 e. The molecule has 2 aromatic carbocycles. The van der Waals surface area contributed by atoms with E-state index in [1.807, 2.05) is 43.3 Å². The van der Waals surface area contributed by atoms with Crippen LogP contribution in [0, 0.1) is 6.92 Å². The lowest BCUT2D eigenvalue weighted by molar-refractivity contribution is 0.102. The minimum Gasteiger partial charge on any atom is -0.497 e. The van der Waals surface area contributed by atoms with Gasteiger partial charge in [0.1, 0.15) is 17.3 Å². The highest BCUT2D eigenvalue weighted by Gasteiger charge is 2.16. The van der Waals surface area contributed by atoms with Gasteiger partial charge in [0.05, 0.1) is 29.6 Å². The second kappa shape index (κ2) is 9.82. The first-order valence-electron chi connectivity index (χ1n) is 10.6. The first-order valence-corrected chi connectivity index (χ1v) is 11.4. The summed E-state index contributed by atoms with van der Waals surface area (Å²) in [5.41, 5.74) is 2.16. The Kier molecular flexibility index (Phi) is 6.70. The van der Waals surface area contributed by atoms with E-state index in [0.29, 0.717) is 23.1 Å². The van der Waals surface area contributed by atoms with Crippen LogP contribution in [0.1, 0.15) is 42.2 Å². The maximum atomic E-state index is 12.8. The van der Waals surface area contributed by atoms with Crippen molar-refractivity contribution in [2.45, 2.75) is 33.1 Å². The fourth-order valence-electron chi connectivity index (χ4n) is 3.28. The van der Waals surface area contributed by atoms with Gasteiger partial charge in [-0.25, -0.2) is 4.98 Å². The molecular formula is C24H26N4O3S. The minimum atomic E-state index is -0.216. The van der Waals surface area contributed by atoms with Gasteiger partial charge in [0.15, 0.2) is 0 Å². The molecule has 0 unspecified atom stereocenters. The number of fused-ring (bicyclic) bond motifs is 1. The van der Waals surface area contributed by atoms with E-state index >= 15 is 0 Å². The zero-order valence-electron chi connectivity index (χ0n) is 18.4. The van der Waals surface area contributed by atoms with Crippen LogP contribution < -0.4 is 14.8 Å². The number of hydrogen-bond donors (Lipinski definition) is 1. The summed E-state index contributed by atoms with van der Waals surface area (Å²) in [6.07, 6.45) is 3.33. The maximum Gasteiger partial charge on any atom is 0.256 e. The number of nitrogens with zero attached hydrogens (tertiary/aromatic N) is 3. The van der Waals surface area contributed by atoms with Crippen LogP contribution in [0.5, 0.6) is 11.5 Å². The van der Waals surface area contributed by atoms with E-state index in [9.17, 15) is 4.79 Å². The molecule has 1 amide bonds. The number of unbranched alkanes of at least 4 members (excludes halogenated alkanes) is 2. The molecule has 0 radical (unpaired) electrons. The summed E-state index contributed by atoms with van der Waals surface area (Å²) in [6.45, 7) is 4.73. The molecule has 0 aliphatic rings. The first-order chi connectivity index (χ1) is 15.6. The van der Waals surface area contributed by atoms with Gasteiger partial charge < -0.3 is 14.8 Å². The van der Waals surface area contributed by atoms with Crippen molar-refractivity contribution in [1.82, 2.24) is 14.8 Å². The third kappa shape index (κ3) is 4.91. The van der Waals surface area contributed by atoms with Crippen LogP contribution in [-0.2, 0) is 0 Å². The Morgan fingerprint density at radius 1 is 1.09 bits per heavy atom. The molecule has 2 heterocycles. The van der Waals surface area contributed by atoms with E-state index in [4.69, 9.17) is 9.47 Å². The van der Waals surface area contributed by atoms with Crippen LogP contribution in [0.25, 0.3) is 15.3 Å². The van der Waals surface area contributed by atoms with Gasteiger partial charge in [0.2, 0.25) is 5.13 Å². The van der Waals surface area contributed by atoms with Crippen molar-refractivity contribution in [2.75, 3.05) is 19.0 Å². The van der Waals surface area contributed by atoms with Crippen LogP contribution in [0.2, 0.25) is 0 Å². The summed E-state index contributed by atoms with van der Waals surface area (Å²) >= 11 is 1.50. The molecule has 32 heavy (non-hydrogen) atoms. The van der Waals surface area contributed by atoms with Crippen LogP contribution in [-0.4, -0.2) is 34.4 Å². The number of hydrogen-bond acceptors (Lipinski definition) is 6. The number of methoxy groups -OCH3 is 1. The van der Waals surface area contributed by atoms with Gasteiger partial charge in [0.25, 0.3) is 5.91 Å². The highest BCUT2D eigenvalue weighted by Crippen LogP contribution is 2.30. The Morgan fingerprint density at radius 3 is 2.62 bits per heavy atom. The SMILES string of the molecule is CCCCCOc1ccc(C(=O)Nc2cc(C)nn2-c2nc3cc(OC)ccc3s2)cc1. The van der Waals surface area contributed by atoms with Crippen LogP contribution >= 0.6 is 11.3 Å². The zero-order valence-corrected chi connectivity index (χ0v) is 19.2. The Bertz CT molecular complexity index is 1210. The summed E-state index contributed by atoms with van der Waals surface area (Å²) in [5, 5.41) is 8.16. The summed E-state index contributed by atoms with van der Waals surface area (Å²) in [4.78, 5) is 17.5. The van der Waals surface area contributed by atoms with Crippen molar-refractivity contribution in [2.24, 2.45) is 0 Å². The number of benzene rings is 2. The van der Waals surface area contributed by atoms with Crippen molar-refractivity contribution < 1.29 is 14.3 Å². The van der Waals surface area contributed by atoms with Gasteiger partial charge in [0, 0.05) is 17.7 Å². The second-order valence-corrected chi connectivity index (χ2v) is 8.46. The normalized spacial score (nSPS) is 11.0. The lowest BCUT2D eigenvalue weighted by Crippen LogP contribution is -2.15. The minimum absolute atomic E-state index is 0.216. The first kappa shape index (κ1) is 21.8. The third-order valence-electron chi connectivity index (χ3n) is 4.97. The molecule has 4 rings (SSSR count). The van der Waals surface area contributed by atoms with Gasteiger partial charge in [-0.3, -0.25) is 4.79 Å². The molecule has 0 saturated carbocycles. The molecule has 0 aliphatic heterocycles. The molecule has 4 aromatic rings. The lowest BCUT2D eigenvalue weighted by Gasteiger charge is -2.08. The number of carbonyl (C=O) groups excluding carboxylic acids is 1. The average molecular weight is 451 g/mol. The molecule has 0 bridgehead atoms. The summed E-state index contributed by atoms with van der Waals surface area (Å²) < 4.78 is 13.7. The number of carbonyl (C=O) groups is 1. The standard InChI is InChI=1S/C24H26N4O3S/c1-4-5-6-13-31-18-9-7-17(8-10-18)23(29)26-22-14-16(2)27-28(22)24-25-20-15-19(30-3)11-12-21(20)32-24/h7-12,14-15H,4-6,13H2,1-3H3,(H,26,29). The number of aromatic nitrogens is 3. The lowest BCUT2D eigenvalue weighted by atomic mass is 10.2. The van der Waals surface area contributed by atoms with E-state index in [0.717, 1.165) is 46.7 Å². The van der Waals surface area contributed by atoms with Crippen LogP contribution in [0.4, 0.5) is 5.82 Å². The second-order valence-electron chi connectivity index (χ2n) is 7.45. The number of thiazole rings is 1. The Balaban J connectivity index is 1.50. The molecule has 0 fully saturated rings. The molecule has 0 aliphatic carbocycles. The van der Waals surface area contributed by atoms with Crippen molar-refractivity contribution >= 4 is 33.3 Å². The van der Waals surface area contributed by atoms with Crippen LogP contribution in [0.3, 0.4) is 0 Å². The van der Waals surface area contributed by atoms with Gasteiger partial charge in [-0.2, -0.15) is 9.78 Å². The van der Waals surface area contributed by atoms with Gasteiger partial charge in [-0.05, 0) is 49.7 Å². The van der Waals surface area contributed by atoms with Crippen molar-refractivity contribution in [3.8, 4) is 16.6 Å². The van der Waals surface area contributed by atoms with E-state index < -0.39 is 0 Å². The molecule has 0 atom stereocenters. The number of amides is 1. The summed E-state index contributed by atoms with van der Waals surface area (Å²) in [5.74, 6) is 1.87. The predicted molar refractivity (Wildman–Crippen MR) is 127 cm³/mol. The summed E-state index contributed by atoms with van der Waals surface area (Å²) in [7, 11) is 1.63. The molecule has 166 valence electrons. The fourth-order valence-corrected chi connectivity index (χ4v) is 4.19. The number of ether oxygens (including phenoxy) is 2. The highest BCUT2D eigenvalue weighted by atomic mass is 32.1. The molecule has 2 aromatic heterocycles.